The molecule has 3 atom stereocenters. The van der Waals surface area contributed by atoms with Crippen LogP contribution in [-0.2, 0) is 0 Å². The number of nitrogens with one attached hydrogen (secondary N) is 1. The minimum absolute atomic E-state index is 0.646. The van der Waals surface area contributed by atoms with Crippen molar-refractivity contribution in [2.45, 2.75) is 31.7 Å². The molecule has 3 nitrogen and oxygen atoms in total. The van der Waals surface area contributed by atoms with E-state index >= 15 is 0 Å². The minimum atomic E-state index is 0.646. The standard InChI is InChI=1S/C15H23NO2/c1-5-11-12(9-13(11)16-2)10-6-7-14(17-3)15(8-10)18-4/h6-8,11-13,16H,5,9H2,1-4H3. The van der Waals surface area contributed by atoms with Crippen LogP contribution in [0.2, 0.25) is 0 Å². The molecule has 0 heterocycles. The van der Waals surface area contributed by atoms with Gasteiger partial charge in [-0.05, 0) is 43.0 Å². The lowest BCUT2D eigenvalue weighted by Crippen LogP contribution is -2.47. The van der Waals surface area contributed by atoms with Crippen LogP contribution < -0.4 is 14.8 Å². The lowest BCUT2D eigenvalue weighted by molar-refractivity contribution is 0.169. The van der Waals surface area contributed by atoms with E-state index in [1.54, 1.807) is 14.2 Å². The third kappa shape index (κ3) is 2.19. The summed E-state index contributed by atoms with van der Waals surface area (Å²) in [5.74, 6) is 3.01. The Morgan fingerprint density at radius 1 is 1.22 bits per heavy atom. The van der Waals surface area contributed by atoms with E-state index in [0.29, 0.717) is 12.0 Å². The average Bonchev–Trinajstić information content (AvgIpc) is 2.38. The molecule has 1 fully saturated rings. The summed E-state index contributed by atoms with van der Waals surface area (Å²) < 4.78 is 10.7. The van der Waals surface area contributed by atoms with Gasteiger partial charge >= 0.3 is 0 Å². The van der Waals surface area contributed by atoms with E-state index in [0.717, 1.165) is 17.4 Å². The van der Waals surface area contributed by atoms with Gasteiger partial charge in [0.2, 0.25) is 0 Å². The fraction of sp³-hybridized carbons (Fsp3) is 0.600. The summed E-state index contributed by atoms with van der Waals surface area (Å²) in [4.78, 5) is 0. The van der Waals surface area contributed by atoms with Gasteiger partial charge in [-0.25, -0.2) is 0 Å². The van der Waals surface area contributed by atoms with Crippen LogP contribution in [0, 0.1) is 5.92 Å². The zero-order valence-corrected chi connectivity index (χ0v) is 11.7. The van der Waals surface area contributed by atoms with Crippen LogP contribution >= 0.6 is 0 Å². The Morgan fingerprint density at radius 3 is 2.50 bits per heavy atom. The molecule has 0 saturated heterocycles. The van der Waals surface area contributed by atoms with Gasteiger partial charge < -0.3 is 14.8 Å². The number of benzene rings is 1. The summed E-state index contributed by atoms with van der Waals surface area (Å²) in [5, 5.41) is 3.40. The largest absolute Gasteiger partial charge is 0.493 e. The summed E-state index contributed by atoms with van der Waals surface area (Å²) in [6, 6.07) is 6.96. The highest BCUT2D eigenvalue weighted by molar-refractivity contribution is 5.44. The van der Waals surface area contributed by atoms with Crippen LogP contribution in [0.3, 0.4) is 0 Å². The lowest BCUT2D eigenvalue weighted by Gasteiger charge is -2.45. The van der Waals surface area contributed by atoms with Gasteiger partial charge in [0, 0.05) is 6.04 Å². The van der Waals surface area contributed by atoms with Crippen molar-refractivity contribution in [3.8, 4) is 11.5 Å². The van der Waals surface area contributed by atoms with E-state index in [9.17, 15) is 0 Å². The maximum atomic E-state index is 5.38. The molecule has 1 saturated carbocycles. The van der Waals surface area contributed by atoms with Gasteiger partial charge in [0.05, 0.1) is 14.2 Å². The van der Waals surface area contributed by atoms with Crippen LogP contribution in [0.15, 0.2) is 18.2 Å². The molecule has 0 aromatic heterocycles. The van der Waals surface area contributed by atoms with Crippen LogP contribution in [-0.4, -0.2) is 27.3 Å². The molecule has 0 bridgehead atoms. The predicted octanol–water partition coefficient (Wildman–Crippen LogP) is 2.81. The maximum Gasteiger partial charge on any atom is 0.160 e. The molecule has 0 spiro atoms. The number of ether oxygens (including phenoxy) is 2. The van der Waals surface area contributed by atoms with Gasteiger partial charge in [0.1, 0.15) is 0 Å². The highest BCUT2D eigenvalue weighted by Crippen LogP contribution is 2.46. The second-order valence-electron chi connectivity index (χ2n) is 4.92. The molecule has 1 aliphatic rings. The average molecular weight is 249 g/mol. The van der Waals surface area contributed by atoms with Gasteiger partial charge in [0.15, 0.2) is 11.5 Å². The van der Waals surface area contributed by atoms with E-state index < -0.39 is 0 Å². The topological polar surface area (TPSA) is 30.5 Å². The summed E-state index contributed by atoms with van der Waals surface area (Å²) in [5.41, 5.74) is 1.37. The fourth-order valence-electron chi connectivity index (χ4n) is 3.08. The molecule has 3 heteroatoms. The number of hydrogen-bond donors (Lipinski definition) is 1. The van der Waals surface area contributed by atoms with Crippen molar-refractivity contribution >= 4 is 0 Å². The summed E-state index contributed by atoms with van der Waals surface area (Å²) in [6.45, 7) is 2.27. The van der Waals surface area contributed by atoms with Gasteiger partial charge in [-0.2, -0.15) is 0 Å². The van der Waals surface area contributed by atoms with E-state index in [1.165, 1.54) is 18.4 Å². The van der Waals surface area contributed by atoms with Crippen LogP contribution in [0.1, 0.15) is 31.2 Å². The highest BCUT2D eigenvalue weighted by atomic mass is 16.5. The van der Waals surface area contributed by atoms with E-state index in [2.05, 4.69) is 31.4 Å². The van der Waals surface area contributed by atoms with Crippen LogP contribution in [0.5, 0.6) is 11.5 Å². The monoisotopic (exact) mass is 249 g/mol. The quantitative estimate of drug-likeness (QED) is 0.870. The molecule has 0 amide bonds. The summed E-state index contributed by atoms with van der Waals surface area (Å²) in [6.07, 6.45) is 2.43. The van der Waals surface area contributed by atoms with Crippen molar-refractivity contribution in [2.75, 3.05) is 21.3 Å². The highest BCUT2D eigenvalue weighted by Gasteiger charge is 2.39. The molecule has 0 aliphatic heterocycles. The summed E-state index contributed by atoms with van der Waals surface area (Å²) in [7, 11) is 5.42. The van der Waals surface area contributed by atoms with E-state index in [1.807, 2.05) is 6.07 Å². The maximum absolute atomic E-state index is 5.38. The first kappa shape index (κ1) is 13.2. The minimum Gasteiger partial charge on any atom is -0.493 e. The molecule has 2 rings (SSSR count). The first-order chi connectivity index (χ1) is 8.74. The van der Waals surface area contributed by atoms with Crippen molar-refractivity contribution in [1.29, 1.82) is 0 Å². The van der Waals surface area contributed by atoms with E-state index in [-0.39, 0.29) is 0 Å². The third-order valence-electron chi connectivity index (χ3n) is 4.22. The molecule has 100 valence electrons. The molecule has 0 radical (unpaired) electrons. The molecule has 1 aliphatic carbocycles. The van der Waals surface area contributed by atoms with Crippen molar-refractivity contribution in [3.05, 3.63) is 23.8 Å². The third-order valence-corrected chi connectivity index (χ3v) is 4.22. The van der Waals surface area contributed by atoms with Crippen molar-refractivity contribution < 1.29 is 9.47 Å². The fourth-order valence-corrected chi connectivity index (χ4v) is 3.08. The Kier molecular flexibility index (Phi) is 4.12. The Bertz CT molecular complexity index is 405. The Morgan fingerprint density at radius 2 is 1.94 bits per heavy atom. The van der Waals surface area contributed by atoms with E-state index in [4.69, 9.17) is 9.47 Å². The van der Waals surface area contributed by atoms with Crippen LogP contribution in [0.4, 0.5) is 0 Å². The van der Waals surface area contributed by atoms with Crippen molar-refractivity contribution in [3.63, 3.8) is 0 Å². The zero-order valence-electron chi connectivity index (χ0n) is 11.7. The lowest BCUT2D eigenvalue weighted by atomic mass is 9.65. The molecule has 3 unspecified atom stereocenters. The second-order valence-corrected chi connectivity index (χ2v) is 4.92. The number of methoxy groups -OCH3 is 2. The zero-order chi connectivity index (χ0) is 13.1. The molecular formula is C15H23NO2. The first-order valence-electron chi connectivity index (χ1n) is 6.64. The predicted molar refractivity (Wildman–Crippen MR) is 73.5 cm³/mol. The molecule has 18 heavy (non-hydrogen) atoms. The van der Waals surface area contributed by atoms with Gasteiger partial charge in [-0.1, -0.05) is 19.4 Å². The second kappa shape index (κ2) is 5.61. The molecule has 1 aromatic carbocycles. The molecule has 1 aromatic rings. The Hall–Kier alpha value is -1.22. The van der Waals surface area contributed by atoms with Crippen LogP contribution in [0.25, 0.3) is 0 Å². The Balaban J connectivity index is 2.19. The Labute approximate surface area is 109 Å². The normalized spacial score (nSPS) is 26.6. The molecular weight excluding hydrogens is 226 g/mol. The summed E-state index contributed by atoms with van der Waals surface area (Å²) >= 11 is 0. The van der Waals surface area contributed by atoms with Gasteiger partial charge in [-0.15, -0.1) is 0 Å². The van der Waals surface area contributed by atoms with Gasteiger partial charge in [0.25, 0.3) is 0 Å². The number of rotatable bonds is 5. The van der Waals surface area contributed by atoms with Crippen molar-refractivity contribution in [2.24, 2.45) is 5.92 Å². The van der Waals surface area contributed by atoms with Gasteiger partial charge in [-0.3, -0.25) is 0 Å². The first-order valence-corrected chi connectivity index (χ1v) is 6.64. The SMILES string of the molecule is CCC1C(NC)CC1c1ccc(OC)c(OC)c1. The van der Waals surface area contributed by atoms with Crippen molar-refractivity contribution in [1.82, 2.24) is 5.32 Å². The number of hydrogen-bond acceptors (Lipinski definition) is 3. The molecule has 1 N–H and O–H groups in total. The smallest absolute Gasteiger partial charge is 0.160 e.